The molecule has 1 aromatic carbocycles. The van der Waals surface area contributed by atoms with Crippen LogP contribution < -0.4 is 15.8 Å². The van der Waals surface area contributed by atoms with E-state index in [-0.39, 0.29) is 29.3 Å². The molecule has 0 bridgehead atoms. The normalized spacial score (nSPS) is 15.1. The number of carbonyl (C=O) groups excluding carboxylic acids is 1. The zero-order valence-electron chi connectivity index (χ0n) is 19.4. The second-order valence-electron chi connectivity index (χ2n) is 8.60. The largest absolute Gasteiger partial charge is 0.368 e. The Labute approximate surface area is 193 Å². The van der Waals surface area contributed by atoms with E-state index in [1.54, 1.807) is 13.0 Å². The van der Waals surface area contributed by atoms with E-state index in [0.29, 0.717) is 16.6 Å². The summed E-state index contributed by atoms with van der Waals surface area (Å²) in [5.74, 6) is -0.808. The Hall–Kier alpha value is -2.38. The highest BCUT2D eigenvalue weighted by Gasteiger charge is 2.25. The fourth-order valence-corrected chi connectivity index (χ4v) is 4.70. The van der Waals surface area contributed by atoms with Gasteiger partial charge >= 0.3 is 0 Å². The molecule has 0 unspecified atom stereocenters. The Morgan fingerprint density at radius 1 is 1.25 bits per heavy atom. The van der Waals surface area contributed by atoms with Gasteiger partial charge < -0.3 is 20.1 Å². The topological polar surface area (TPSA) is 68.4 Å². The van der Waals surface area contributed by atoms with Gasteiger partial charge in [0.1, 0.15) is 5.82 Å². The third-order valence-electron chi connectivity index (χ3n) is 6.48. The molecular weight excluding hydrogens is 431 g/mol. The van der Waals surface area contributed by atoms with Crippen LogP contribution in [0.2, 0.25) is 5.02 Å². The Bertz CT molecular complexity index is 1060. The first kappa shape index (κ1) is 24.3. The molecule has 174 valence electrons. The van der Waals surface area contributed by atoms with Crippen molar-refractivity contribution in [1.29, 1.82) is 0 Å². The SMILES string of the molecule is CCN(c1cc(Cl)cc(C(=O)NCc2c(C)c(F)c(C)[nH]c2=O)c1C)C1CCN(C)CC1. The van der Waals surface area contributed by atoms with E-state index in [1.807, 2.05) is 13.0 Å². The summed E-state index contributed by atoms with van der Waals surface area (Å²) in [5, 5.41) is 3.26. The van der Waals surface area contributed by atoms with E-state index in [9.17, 15) is 14.0 Å². The predicted molar refractivity (Wildman–Crippen MR) is 127 cm³/mol. The number of anilines is 1. The van der Waals surface area contributed by atoms with Gasteiger partial charge in [0.05, 0.1) is 5.69 Å². The van der Waals surface area contributed by atoms with Crippen LogP contribution in [0, 0.1) is 26.6 Å². The monoisotopic (exact) mass is 462 g/mol. The number of aryl methyl sites for hydroxylation is 1. The molecule has 1 aliphatic heterocycles. The number of amides is 1. The molecule has 1 aromatic heterocycles. The third-order valence-corrected chi connectivity index (χ3v) is 6.70. The van der Waals surface area contributed by atoms with Gasteiger partial charge in [0.15, 0.2) is 0 Å². The van der Waals surface area contributed by atoms with Crippen LogP contribution >= 0.6 is 11.6 Å². The van der Waals surface area contributed by atoms with Crippen LogP contribution in [0.3, 0.4) is 0 Å². The van der Waals surface area contributed by atoms with E-state index in [0.717, 1.165) is 43.7 Å². The standard InChI is InChI=1S/C24H32ClFN4O2/c1-6-30(18-7-9-29(5)10-8-18)21-12-17(25)11-19(14(21)2)23(31)27-13-20-15(3)22(26)16(4)28-24(20)32/h11-12,18H,6-10,13H2,1-5H3,(H,27,31)(H,28,32). The first-order chi connectivity index (χ1) is 15.1. The highest BCUT2D eigenvalue weighted by Crippen LogP contribution is 2.31. The maximum atomic E-state index is 14.2. The summed E-state index contributed by atoms with van der Waals surface area (Å²) in [6.45, 7) is 9.90. The lowest BCUT2D eigenvalue weighted by atomic mass is 9.99. The molecule has 2 heterocycles. The number of halogens is 2. The molecule has 0 radical (unpaired) electrons. The summed E-state index contributed by atoms with van der Waals surface area (Å²) in [6.07, 6.45) is 2.11. The van der Waals surface area contributed by atoms with Gasteiger partial charge in [-0.15, -0.1) is 0 Å². The molecule has 0 spiro atoms. The van der Waals surface area contributed by atoms with Crippen LogP contribution in [0.5, 0.6) is 0 Å². The second-order valence-corrected chi connectivity index (χ2v) is 9.03. The number of H-pyrrole nitrogens is 1. The molecule has 6 nitrogen and oxygen atoms in total. The first-order valence-electron chi connectivity index (χ1n) is 11.0. The number of carbonyl (C=O) groups is 1. The van der Waals surface area contributed by atoms with E-state index in [2.05, 4.69) is 34.1 Å². The Balaban J connectivity index is 1.86. The molecule has 32 heavy (non-hydrogen) atoms. The molecule has 2 N–H and O–H groups in total. The van der Waals surface area contributed by atoms with Gasteiger partial charge in [-0.3, -0.25) is 9.59 Å². The minimum absolute atomic E-state index is 0.0645. The number of aromatic nitrogens is 1. The molecule has 1 aliphatic rings. The van der Waals surface area contributed by atoms with E-state index in [1.165, 1.54) is 6.92 Å². The van der Waals surface area contributed by atoms with Crippen molar-refractivity contribution >= 4 is 23.2 Å². The summed E-state index contributed by atoms with van der Waals surface area (Å²) in [7, 11) is 2.13. The number of piperidine rings is 1. The van der Waals surface area contributed by atoms with Crippen molar-refractivity contribution in [1.82, 2.24) is 15.2 Å². The number of likely N-dealkylation sites (tertiary alicyclic amines) is 1. The van der Waals surface area contributed by atoms with Gasteiger partial charge in [-0.25, -0.2) is 4.39 Å². The molecule has 3 rings (SSSR count). The van der Waals surface area contributed by atoms with Gasteiger partial charge in [0.25, 0.3) is 11.5 Å². The Morgan fingerprint density at radius 2 is 1.91 bits per heavy atom. The minimum Gasteiger partial charge on any atom is -0.368 e. The van der Waals surface area contributed by atoms with E-state index in [4.69, 9.17) is 11.6 Å². The lowest BCUT2D eigenvalue weighted by Gasteiger charge is -2.39. The van der Waals surface area contributed by atoms with Gasteiger partial charge in [0, 0.05) is 41.0 Å². The fourth-order valence-electron chi connectivity index (χ4n) is 4.49. The van der Waals surface area contributed by atoms with Crippen molar-refractivity contribution in [3.63, 3.8) is 0 Å². The molecular formula is C24H32ClFN4O2. The number of nitrogens with one attached hydrogen (secondary N) is 2. The second kappa shape index (κ2) is 10.0. The molecule has 1 saturated heterocycles. The number of hydrogen-bond acceptors (Lipinski definition) is 4. The number of nitrogens with zero attached hydrogens (tertiary/aromatic N) is 2. The molecule has 0 saturated carbocycles. The van der Waals surface area contributed by atoms with Crippen LogP contribution in [0.4, 0.5) is 10.1 Å². The van der Waals surface area contributed by atoms with Crippen LogP contribution in [-0.4, -0.2) is 48.5 Å². The van der Waals surface area contributed by atoms with Crippen LogP contribution in [0.1, 0.15) is 52.5 Å². The van der Waals surface area contributed by atoms with E-state index >= 15 is 0 Å². The quantitative estimate of drug-likeness (QED) is 0.682. The highest BCUT2D eigenvalue weighted by molar-refractivity contribution is 6.31. The molecule has 2 aromatic rings. The number of benzene rings is 1. The first-order valence-corrected chi connectivity index (χ1v) is 11.4. The third kappa shape index (κ3) is 4.99. The Morgan fingerprint density at radius 3 is 2.53 bits per heavy atom. The number of hydrogen-bond donors (Lipinski definition) is 2. The summed E-state index contributed by atoms with van der Waals surface area (Å²) in [6, 6.07) is 3.95. The highest BCUT2D eigenvalue weighted by atomic mass is 35.5. The molecule has 1 amide bonds. The van der Waals surface area contributed by atoms with Crippen LogP contribution in [0.25, 0.3) is 0 Å². The van der Waals surface area contributed by atoms with Crippen molar-refractivity contribution in [3.05, 3.63) is 61.3 Å². The summed E-state index contributed by atoms with van der Waals surface area (Å²) in [5.41, 5.74) is 2.50. The van der Waals surface area contributed by atoms with Crippen molar-refractivity contribution in [2.75, 3.05) is 31.6 Å². The van der Waals surface area contributed by atoms with Gasteiger partial charge in [-0.2, -0.15) is 0 Å². The van der Waals surface area contributed by atoms with Gasteiger partial charge in [0.2, 0.25) is 0 Å². The van der Waals surface area contributed by atoms with Crippen molar-refractivity contribution in [2.24, 2.45) is 0 Å². The minimum atomic E-state index is -0.466. The smallest absolute Gasteiger partial charge is 0.253 e. The average Bonchev–Trinajstić information content (AvgIpc) is 2.75. The zero-order chi connectivity index (χ0) is 23.6. The van der Waals surface area contributed by atoms with Crippen LogP contribution in [0.15, 0.2) is 16.9 Å². The van der Waals surface area contributed by atoms with E-state index < -0.39 is 11.4 Å². The molecule has 0 aliphatic carbocycles. The lowest BCUT2D eigenvalue weighted by Crippen LogP contribution is -2.44. The molecule has 1 fully saturated rings. The molecule has 0 atom stereocenters. The maximum Gasteiger partial charge on any atom is 0.253 e. The van der Waals surface area contributed by atoms with Gasteiger partial charge in [-0.05, 0) is 83.9 Å². The van der Waals surface area contributed by atoms with Crippen molar-refractivity contribution in [3.8, 4) is 0 Å². The Kier molecular flexibility index (Phi) is 7.62. The fraction of sp³-hybridized carbons (Fsp3) is 0.500. The predicted octanol–water partition coefficient (Wildman–Crippen LogP) is 3.94. The molecule has 8 heteroatoms. The zero-order valence-corrected chi connectivity index (χ0v) is 20.2. The number of rotatable bonds is 6. The van der Waals surface area contributed by atoms with Crippen molar-refractivity contribution < 1.29 is 9.18 Å². The summed E-state index contributed by atoms with van der Waals surface area (Å²) >= 11 is 6.42. The maximum absolute atomic E-state index is 14.2. The van der Waals surface area contributed by atoms with Gasteiger partial charge in [-0.1, -0.05) is 11.6 Å². The summed E-state index contributed by atoms with van der Waals surface area (Å²) < 4.78 is 14.2. The van der Waals surface area contributed by atoms with Crippen molar-refractivity contribution in [2.45, 2.75) is 53.1 Å². The lowest BCUT2D eigenvalue weighted by molar-refractivity contribution is 0.0950. The average molecular weight is 463 g/mol. The number of aromatic amines is 1. The summed E-state index contributed by atoms with van der Waals surface area (Å²) in [4.78, 5) is 32.4. The van der Waals surface area contributed by atoms with Crippen LogP contribution in [-0.2, 0) is 6.54 Å². The number of pyridine rings is 1.